The second-order valence-corrected chi connectivity index (χ2v) is 2.22. The van der Waals surface area contributed by atoms with Crippen molar-refractivity contribution in [2.45, 2.75) is 20.0 Å². The van der Waals surface area contributed by atoms with Gasteiger partial charge in [0.15, 0.2) is 0 Å². The molecule has 0 aromatic rings. The van der Waals surface area contributed by atoms with Gasteiger partial charge in [-0.1, -0.05) is 11.6 Å². The van der Waals surface area contributed by atoms with Gasteiger partial charge in [0, 0.05) is 10.6 Å². The molecule has 0 bridgehead atoms. The van der Waals surface area contributed by atoms with E-state index < -0.39 is 11.7 Å². The molecule has 0 N–H and O–H groups in total. The molecule has 0 amide bonds. The van der Waals surface area contributed by atoms with Crippen LogP contribution in [0.1, 0.15) is 13.8 Å². The maximum absolute atomic E-state index is 11.6. The van der Waals surface area contributed by atoms with Crippen LogP contribution in [0.25, 0.3) is 0 Å². The average molecular weight is 159 g/mol. The van der Waals surface area contributed by atoms with Crippen molar-refractivity contribution in [1.29, 1.82) is 0 Å². The summed E-state index contributed by atoms with van der Waals surface area (Å²) < 4.78 is 34.7. The van der Waals surface area contributed by atoms with Gasteiger partial charge in [-0.3, -0.25) is 0 Å². The molecule has 0 heterocycles. The van der Waals surface area contributed by atoms with Crippen LogP contribution in [0.3, 0.4) is 0 Å². The summed E-state index contributed by atoms with van der Waals surface area (Å²) >= 11 is 5.07. The minimum Gasteiger partial charge on any atom is -0.166 e. The number of hydrogen-bond acceptors (Lipinski definition) is 0. The molecule has 0 aliphatic rings. The second kappa shape index (κ2) is 2.60. The Morgan fingerprint density at radius 1 is 1.22 bits per heavy atom. The quantitative estimate of drug-likeness (QED) is 0.508. The van der Waals surface area contributed by atoms with Crippen LogP contribution >= 0.6 is 11.6 Å². The van der Waals surface area contributed by atoms with E-state index in [1.807, 2.05) is 0 Å². The van der Waals surface area contributed by atoms with Gasteiger partial charge in [0.2, 0.25) is 0 Å². The molecule has 0 radical (unpaired) electrons. The molecule has 0 saturated heterocycles. The molecule has 0 spiro atoms. The minimum absolute atomic E-state index is 0.206. The largest absolute Gasteiger partial charge is 0.413 e. The summed E-state index contributed by atoms with van der Waals surface area (Å²) in [7, 11) is 0. The first-order chi connectivity index (χ1) is 3.85. The lowest BCUT2D eigenvalue weighted by molar-refractivity contribution is -0.0917. The number of hydrogen-bond donors (Lipinski definition) is 0. The summed E-state index contributed by atoms with van der Waals surface area (Å²) in [5, 5.41) is -0.206. The van der Waals surface area contributed by atoms with Crippen LogP contribution in [-0.4, -0.2) is 6.18 Å². The van der Waals surface area contributed by atoms with E-state index in [0.717, 1.165) is 6.92 Å². The molecule has 0 aliphatic heterocycles. The Morgan fingerprint density at radius 3 is 1.56 bits per heavy atom. The van der Waals surface area contributed by atoms with Crippen molar-refractivity contribution in [1.82, 2.24) is 0 Å². The van der Waals surface area contributed by atoms with Crippen LogP contribution in [0.2, 0.25) is 0 Å². The van der Waals surface area contributed by atoms with Gasteiger partial charge >= 0.3 is 6.18 Å². The molecule has 0 unspecified atom stereocenters. The van der Waals surface area contributed by atoms with Crippen LogP contribution in [0, 0.1) is 0 Å². The van der Waals surface area contributed by atoms with Gasteiger partial charge in [-0.25, -0.2) is 0 Å². The highest BCUT2D eigenvalue weighted by molar-refractivity contribution is 6.29. The maximum atomic E-state index is 11.6. The van der Waals surface area contributed by atoms with Gasteiger partial charge in [-0.05, 0) is 13.8 Å². The summed E-state index contributed by atoms with van der Waals surface area (Å²) in [4.78, 5) is 0. The summed E-state index contributed by atoms with van der Waals surface area (Å²) in [5.74, 6) is 0. The van der Waals surface area contributed by atoms with E-state index in [4.69, 9.17) is 11.6 Å². The first-order valence-corrected chi connectivity index (χ1v) is 2.63. The monoisotopic (exact) mass is 158 g/mol. The molecule has 9 heavy (non-hydrogen) atoms. The molecule has 0 aromatic carbocycles. The lowest BCUT2D eigenvalue weighted by atomic mass is 10.3. The van der Waals surface area contributed by atoms with Gasteiger partial charge in [0.25, 0.3) is 0 Å². The molecule has 4 heteroatoms. The van der Waals surface area contributed by atoms with Crippen molar-refractivity contribution >= 4 is 11.6 Å². The van der Waals surface area contributed by atoms with Crippen molar-refractivity contribution in [3.05, 3.63) is 10.6 Å². The highest BCUT2D eigenvalue weighted by Crippen LogP contribution is 2.28. The zero-order valence-corrected chi connectivity index (χ0v) is 5.77. The van der Waals surface area contributed by atoms with Gasteiger partial charge < -0.3 is 0 Å². The third kappa shape index (κ3) is 2.75. The Morgan fingerprint density at radius 2 is 1.56 bits per heavy atom. The fourth-order valence-electron chi connectivity index (χ4n) is 0.195. The van der Waals surface area contributed by atoms with Crippen LogP contribution in [0.5, 0.6) is 0 Å². The number of rotatable bonds is 0. The Kier molecular flexibility index (Phi) is 2.55. The standard InChI is InChI=1S/C5H6ClF3/c1-3(4(2)6)5(7,8)9/h1-2H3. The molecular formula is C5H6ClF3. The van der Waals surface area contributed by atoms with Crippen molar-refractivity contribution < 1.29 is 13.2 Å². The van der Waals surface area contributed by atoms with Gasteiger partial charge in [0.1, 0.15) is 0 Å². The zero-order chi connectivity index (χ0) is 7.65. The Hall–Kier alpha value is -0.180. The van der Waals surface area contributed by atoms with Gasteiger partial charge in [-0.2, -0.15) is 13.2 Å². The topological polar surface area (TPSA) is 0 Å². The van der Waals surface area contributed by atoms with Crippen LogP contribution in [0.4, 0.5) is 13.2 Å². The molecule has 54 valence electrons. The van der Waals surface area contributed by atoms with E-state index in [1.54, 1.807) is 0 Å². The molecular weight excluding hydrogens is 153 g/mol. The van der Waals surface area contributed by atoms with E-state index in [0.29, 0.717) is 0 Å². The predicted octanol–water partition coefficient (Wildman–Crippen LogP) is 3.08. The minimum atomic E-state index is -4.27. The van der Waals surface area contributed by atoms with Gasteiger partial charge in [-0.15, -0.1) is 0 Å². The summed E-state index contributed by atoms with van der Waals surface area (Å²) in [6.07, 6.45) is -4.27. The number of alkyl halides is 3. The fraction of sp³-hybridized carbons (Fsp3) is 0.600. The molecule has 0 nitrogen and oxygen atoms in total. The number of halogens is 4. The highest BCUT2D eigenvalue weighted by atomic mass is 35.5. The van der Waals surface area contributed by atoms with Crippen LogP contribution in [0.15, 0.2) is 10.6 Å². The predicted molar refractivity (Wildman–Crippen MR) is 30.3 cm³/mol. The highest BCUT2D eigenvalue weighted by Gasteiger charge is 2.31. The maximum Gasteiger partial charge on any atom is 0.413 e. The molecule has 0 atom stereocenters. The number of allylic oxidation sites excluding steroid dienone is 2. The molecule has 0 aromatic heterocycles. The molecule has 0 fully saturated rings. The molecule has 0 saturated carbocycles. The summed E-state index contributed by atoms with van der Waals surface area (Å²) in [6.45, 7) is 2.16. The third-order valence-electron chi connectivity index (χ3n) is 0.942. The first kappa shape index (κ1) is 8.82. The van der Waals surface area contributed by atoms with Crippen molar-refractivity contribution in [2.75, 3.05) is 0 Å². The lowest BCUT2D eigenvalue weighted by Gasteiger charge is -2.05. The Bertz CT molecular complexity index is 130. The summed E-state index contributed by atoms with van der Waals surface area (Å²) in [5.41, 5.74) is -0.732. The smallest absolute Gasteiger partial charge is 0.166 e. The van der Waals surface area contributed by atoms with E-state index in [-0.39, 0.29) is 5.03 Å². The molecule has 0 aliphatic carbocycles. The molecule has 0 rings (SSSR count). The first-order valence-electron chi connectivity index (χ1n) is 2.26. The SMILES string of the molecule is CC(Cl)=C(C)C(F)(F)F. The Labute approximate surface area is 56.3 Å². The summed E-state index contributed by atoms with van der Waals surface area (Å²) in [6, 6.07) is 0. The van der Waals surface area contributed by atoms with Crippen molar-refractivity contribution in [2.24, 2.45) is 0 Å². The van der Waals surface area contributed by atoms with Crippen LogP contribution in [-0.2, 0) is 0 Å². The van der Waals surface area contributed by atoms with Gasteiger partial charge in [0.05, 0.1) is 0 Å². The fourth-order valence-corrected chi connectivity index (χ4v) is 0.302. The van der Waals surface area contributed by atoms with E-state index in [9.17, 15) is 13.2 Å². The normalized spacial score (nSPS) is 15.3. The van der Waals surface area contributed by atoms with Crippen molar-refractivity contribution in [3.8, 4) is 0 Å². The van der Waals surface area contributed by atoms with E-state index in [1.165, 1.54) is 6.92 Å². The van der Waals surface area contributed by atoms with E-state index >= 15 is 0 Å². The Balaban J connectivity index is 4.40. The third-order valence-corrected chi connectivity index (χ3v) is 1.23. The van der Waals surface area contributed by atoms with Crippen LogP contribution < -0.4 is 0 Å². The average Bonchev–Trinajstić information content (AvgIpc) is 1.62. The van der Waals surface area contributed by atoms with E-state index in [2.05, 4.69) is 0 Å². The lowest BCUT2D eigenvalue weighted by Crippen LogP contribution is -2.09. The second-order valence-electron chi connectivity index (χ2n) is 1.66. The zero-order valence-electron chi connectivity index (χ0n) is 5.01. The van der Waals surface area contributed by atoms with Crippen molar-refractivity contribution in [3.63, 3.8) is 0 Å².